The fraction of sp³-hybridized carbons (Fsp3) is 0.0612. The quantitative estimate of drug-likeness (QED) is 0.184. The van der Waals surface area contributed by atoms with Crippen LogP contribution in [-0.2, 0) is 5.41 Å². The predicted octanol–water partition coefficient (Wildman–Crippen LogP) is 13.8. The number of fused-ring (bicyclic) bond motifs is 7. The van der Waals surface area contributed by atoms with Crippen molar-refractivity contribution >= 4 is 49.8 Å². The molecular weight excluding hydrogens is 619 g/mol. The average Bonchev–Trinajstić information content (AvgIpc) is 3.66. The van der Waals surface area contributed by atoms with E-state index in [0.29, 0.717) is 0 Å². The number of hydrogen-bond donors (Lipinski definition) is 0. The fourth-order valence-electron chi connectivity index (χ4n) is 8.21. The zero-order valence-electron chi connectivity index (χ0n) is 28.6. The topological polar surface area (TPSA) is 16.4 Å². The van der Waals surface area contributed by atoms with Gasteiger partial charge in [0.1, 0.15) is 11.2 Å². The van der Waals surface area contributed by atoms with Gasteiger partial charge < -0.3 is 9.32 Å². The average molecular weight is 654 g/mol. The summed E-state index contributed by atoms with van der Waals surface area (Å²) in [5.74, 6) is 0. The molecule has 1 aromatic heterocycles. The summed E-state index contributed by atoms with van der Waals surface area (Å²) in [5.41, 5.74) is 15.3. The minimum absolute atomic E-state index is 0.157. The van der Waals surface area contributed by atoms with Gasteiger partial charge in [0.2, 0.25) is 0 Å². The highest BCUT2D eigenvalue weighted by Crippen LogP contribution is 2.52. The Morgan fingerprint density at radius 2 is 1.00 bits per heavy atom. The monoisotopic (exact) mass is 653 g/mol. The summed E-state index contributed by atoms with van der Waals surface area (Å²) in [6.45, 7) is 4.74. The van der Waals surface area contributed by atoms with Crippen LogP contribution in [0.1, 0.15) is 25.0 Å². The molecule has 242 valence electrons. The number of benzene rings is 8. The molecule has 0 N–H and O–H groups in total. The first-order chi connectivity index (χ1) is 25.0. The number of furan rings is 1. The lowest BCUT2D eigenvalue weighted by Gasteiger charge is -2.29. The summed E-state index contributed by atoms with van der Waals surface area (Å²) in [5, 5.41) is 4.73. The van der Waals surface area contributed by atoms with Crippen molar-refractivity contribution in [2.45, 2.75) is 19.3 Å². The molecule has 0 atom stereocenters. The number of rotatable bonds is 5. The van der Waals surface area contributed by atoms with Gasteiger partial charge in [0.15, 0.2) is 0 Å². The van der Waals surface area contributed by atoms with Gasteiger partial charge in [-0.3, -0.25) is 0 Å². The Balaban J connectivity index is 1.09. The highest BCUT2D eigenvalue weighted by Gasteiger charge is 2.36. The van der Waals surface area contributed by atoms with Gasteiger partial charge in [-0.15, -0.1) is 0 Å². The molecule has 9 aromatic rings. The summed E-state index contributed by atoms with van der Waals surface area (Å²) >= 11 is 0. The van der Waals surface area contributed by atoms with Crippen molar-refractivity contribution in [3.05, 3.63) is 187 Å². The van der Waals surface area contributed by atoms with E-state index in [2.05, 4.69) is 183 Å². The van der Waals surface area contributed by atoms with Crippen LogP contribution in [0.3, 0.4) is 0 Å². The van der Waals surface area contributed by atoms with Gasteiger partial charge in [-0.2, -0.15) is 0 Å². The van der Waals surface area contributed by atoms with E-state index in [4.69, 9.17) is 4.42 Å². The van der Waals surface area contributed by atoms with Crippen LogP contribution in [-0.4, -0.2) is 0 Å². The Morgan fingerprint density at radius 3 is 1.84 bits per heavy atom. The molecular formula is C49H35NO. The molecule has 0 radical (unpaired) electrons. The number of anilines is 3. The zero-order chi connectivity index (χ0) is 34.1. The SMILES string of the molecule is CC1(C)c2cc(-c3ccccc3)ccc2-c2ccc(N(c3ccc(-c4ccc5oc6ccccc6c5c4)cc3)c3cccc4ccccc34)cc21. The molecule has 0 aliphatic heterocycles. The van der Waals surface area contributed by atoms with E-state index in [-0.39, 0.29) is 5.41 Å². The highest BCUT2D eigenvalue weighted by atomic mass is 16.3. The van der Waals surface area contributed by atoms with Crippen molar-refractivity contribution in [1.82, 2.24) is 0 Å². The van der Waals surface area contributed by atoms with Crippen LogP contribution in [0.2, 0.25) is 0 Å². The molecule has 2 heteroatoms. The molecule has 0 saturated carbocycles. The summed E-state index contributed by atoms with van der Waals surface area (Å²) in [6, 6.07) is 63.8. The fourth-order valence-corrected chi connectivity index (χ4v) is 8.21. The number of para-hydroxylation sites is 1. The van der Waals surface area contributed by atoms with Crippen molar-refractivity contribution in [3.63, 3.8) is 0 Å². The second-order valence-corrected chi connectivity index (χ2v) is 14.2. The largest absolute Gasteiger partial charge is 0.456 e. The van der Waals surface area contributed by atoms with Gasteiger partial charge in [-0.25, -0.2) is 0 Å². The van der Waals surface area contributed by atoms with Gasteiger partial charge in [-0.05, 0) is 104 Å². The molecule has 8 aromatic carbocycles. The maximum absolute atomic E-state index is 6.11. The van der Waals surface area contributed by atoms with E-state index in [1.54, 1.807) is 0 Å². The summed E-state index contributed by atoms with van der Waals surface area (Å²) < 4.78 is 6.11. The van der Waals surface area contributed by atoms with Gasteiger partial charge >= 0.3 is 0 Å². The van der Waals surface area contributed by atoms with Crippen molar-refractivity contribution < 1.29 is 4.42 Å². The lowest BCUT2D eigenvalue weighted by atomic mass is 9.81. The van der Waals surface area contributed by atoms with Crippen molar-refractivity contribution in [1.29, 1.82) is 0 Å². The van der Waals surface area contributed by atoms with Crippen LogP contribution in [0.5, 0.6) is 0 Å². The minimum Gasteiger partial charge on any atom is -0.456 e. The molecule has 0 amide bonds. The van der Waals surface area contributed by atoms with Crippen LogP contribution in [0, 0.1) is 0 Å². The third-order valence-electron chi connectivity index (χ3n) is 10.9. The zero-order valence-corrected chi connectivity index (χ0v) is 28.6. The van der Waals surface area contributed by atoms with E-state index >= 15 is 0 Å². The number of hydrogen-bond acceptors (Lipinski definition) is 2. The van der Waals surface area contributed by atoms with E-state index in [9.17, 15) is 0 Å². The van der Waals surface area contributed by atoms with Crippen molar-refractivity contribution in [3.8, 4) is 33.4 Å². The molecule has 51 heavy (non-hydrogen) atoms. The Bertz CT molecular complexity index is 2770. The molecule has 0 bridgehead atoms. The molecule has 1 aliphatic carbocycles. The molecule has 10 rings (SSSR count). The van der Waals surface area contributed by atoms with Crippen molar-refractivity contribution in [2.24, 2.45) is 0 Å². The lowest BCUT2D eigenvalue weighted by molar-refractivity contribution is 0.660. The third-order valence-corrected chi connectivity index (χ3v) is 10.9. The lowest BCUT2D eigenvalue weighted by Crippen LogP contribution is -2.16. The molecule has 1 heterocycles. The summed E-state index contributed by atoms with van der Waals surface area (Å²) in [4.78, 5) is 2.42. The Kier molecular flexibility index (Phi) is 6.56. The first-order valence-electron chi connectivity index (χ1n) is 17.7. The van der Waals surface area contributed by atoms with Crippen LogP contribution in [0.25, 0.3) is 66.1 Å². The van der Waals surface area contributed by atoms with Gasteiger partial charge in [0, 0.05) is 32.9 Å². The Labute approximate surface area is 297 Å². The van der Waals surface area contributed by atoms with E-state index in [1.807, 2.05) is 12.1 Å². The maximum Gasteiger partial charge on any atom is 0.135 e. The van der Waals surface area contributed by atoms with E-state index < -0.39 is 0 Å². The molecule has 0 saturated heterocycles. The van der Waals surface area contributed by atoms with Crippen molar-refractivity contribution in [2.75, 3.05) is 4.90 Å². The first kappa shape index (κ1) is 29.5. The van der Waals surface area contributed by atoms with Gasteiger partial charge in [0.25, 0.3) is 0 Å². The Hall–Kier alpha value is -6.38. The van der Waals surface area contributed by atoms with Crippen LogP contribution in [0.4, 0.5) is 17.1 Å². The van der Waals surface area contributed by atoms with E-state index in [0.717, 1.165) is 39.0 Å². The third kappa shape index (κ3) is 4.71. The molecule has 2 nitrogen and oxygen atoms in total. The maximum atomic E-state index is 6.11. The molecule has 1 aliphatic rings. The van der Waals surface area contributed by atoms with Gasteiger partial charge in [0.05, 0.1) is 5.69 Å². The normalized spacial score (nSPS) is 13.1. The molecule has 0 unspecified atom stereocenters. The Morgan fingerprint density at radius 1 is 0.412 bits per heavy atom. The first-order valence-corrected chi connectivity index (χ1v) is 17.7. The van der Waals surface area contributed by atoms with Crippen LogP contribution >= 0.6 is 0 Å². The minimum atomic E-state index is -0.157. The number of nitrogens with zero attached hydrogens (tertiary/aromatic N) is 1. The molecule has 0 spiro atoms. The van der Waals surface area contributed by atoms with Crippen LogP contribution in [0.15, 0.2) is 180 Å². The second-order valence-electron chi connectivity index (χ2n) is 14.2. The standard InChI is InChI=1S/C49H35NO/c1-49(2)44-30-36(32-11-4-3-5-12-32)21-26-40(44)41-27-25-38(31-45(41)49)50(46-17-10-14-34-13-6-7-15-39(34)46)37-23-19-33(20-24-37)35-22-28-48-43(29-35)42-16-8-9-18-47(42)51-48/h3-31H,1-2H3. The second kappa shape index (κ2) is 11.3. The highest BCUT2D eigenvalue weighted by molar-refractivity contribution is 6.06. The molecule has 0 fully saturated rings. The smallest absolute Gasteiger partial charge is 0.135 e. The summed E-state index contributed by atoms with van der Waals surface area (Å²) in [7, 11) is 0. The predicted molar refractivity (Wildman–Crippen MR) is 214 cm³/mol. The summed E-state index contributed by atoms with van der Waals surface area (Å²) in [6.07, 6.45) is 0. The van der Waals surface area contributed by atoms with Crippen LogP contribution < -0.4 is 4.90 Å². The van der Waals surface area contributed by atoms with Gasteiger partial charge in [-0.1, -0.05) is 135 Å². The van der Waals surface area contributed by atoms with E-state index in [1.165, 1.54) is 55.3 Å².